The Morgan fingerprint density at radius 2 is 1.81 bits per heavy atom. The van der Waals surface area contributed by atoms with E-state index in [2.05, 4.69) is 10.9 Å². The van der Waals surface area contributed by atoms with Crippen molar-refractivity contribution in [2.24, 2.45) is 5.73 Å². The van der Waals surface area contributed by atoms with Gasteiger partial charge in [-0.05, 0) is 13.3 Å². The van der Waals surface area contributed by atoms with Gasteiger partial charge in [-0.3, -0.25) is 14.4 Å². The van der Waals surface area contributed by atoms with E-state index in [1.54, 1.807) is 0 Å². The summed E-state index contributed by atoms with van der Waals surface area (Å²) >= 11 is 0. The Balaban J connectivity index is 4.09. The minimum absolute atomic E-state index is 0.00991. The molecule has 16 heavy (non-hydrogen) atoms. The summed E-state index contributed by atoms with van der Waals surface area (Å²) in [6, 6.07) is -1.83. The Morgan fingerprint density at radius 1 is 1.25 bits per heavy atom. The molecule has 0 spiro atoms. The summed E-state index contributed by atoms with van der Waals surface area (Å²) in [5.41, 5.74) is 9.73. The quantitative estimate of drug-likeness (QED) is 0.313. The van der Waals surface area contributed by atoms with Crippen molar-refractivity contribution in [3.8, 4) is 0 Å². The van der Waals surface area contributed by atoms with E-state index >= 15 is 0 Å². The van der Waals surface area contributed by atoms with E-state index in [4.69, 9.17) is 15.9 Å². The number of hydrazine groups is 1. The van der Waals surface area contributed by atoms with Crippen LogP contribution in [0.4, 0.5) is 0 Å². The average Bonchev–Trinajstić information content (AvgIpc) is 2.15. The number of primary amides is 1. The molecule has 1 amide bonds. The molecule has 0 aromatic carbocycles. The number of nitrogens with one attached hydrogen (secondary N) is 2. The largest absolute Gasteiger partial charge is 0.481 e. The fourth-order valence-corrected chi connectivity index (χ4v) is 0.841. The van der Waals surface area contributed by atoms with Crippen LogP contribution in [0.1, 0.15) is 19.8 Å². The van der Waals surface area contributed by atoms with Crippen molar-refractivity contribution in [1.29, 1.82) is 0 Å². The van der Waals surface area contributed by atoms with Gasteiger partial charge >= 0.3 is 11.9 Å². The summed E-state index contributed by atoms with van der Waals surface area (Å²) in [5, 5.41) is 17.0. The summed E-state index contributed by atoms with van der Waals surface area (Å²) in [4.78, 5) is 31.6. The number of carboxylic acid groups (broad SMARTS) is 2. The molecule has 0 aliphatic carbocycles. The van der Waals surface area contributed by atoms with Crippen molar-refractivity contribution in [1.82, 2.24) is 10.9 Å². The second-order valence-corrected chi connectivity index (χ2v) is 3.24. The lowest BCUT2D eigenvalue weighted by Crippen LogP contribution is -2.53. The monoisotopic (exact) mass is 233 g/mol. The number of aliphatic carboxylic acids is 2. The summed E-state index contributed by atoms with van der Waals surface area (Å²) in [5.74, 6) is -2.90. The Morgan fingerprint density at radius 3 is 2.19 bits per heavy atom. The number of carboxylic acids is 2. The molecule has 0 aromatic heterocycles. The van der Waals surface area contributed by atoms with E-state index in [9.17, 15) is 14.4 Å². The van der Waals surface area contributed by atoms with Gasteiger partial charge in [0.25, 0.3) is 0 Å². The molecule has 8 nitrogen and oxygen atoms in total. The van der Waals surface area contributed by atoms with Crippen LogP contribution in [0.5, 0.6) is 0 Å². The van der Waals surface area contributed by atoms with Crippen LogP contribution in [0.25, 0.3) is 0 Å². The first-order chi connectivity index (χ1) is 7.34. The molecule has 0 aliphatic rings. The Kier molecular flexibility index (Phi) is 6.04. The van der Waals surface area contributed by atoms with Crippen molar-refractivity contribution < 1.29 is 24.6 Å². The zero-order chi connectivity index (χ0) is 12.7. The van der Waals surface area contributed by atoms with E-state index in [-0.39, 0.29) is 12.8 Å². The third-order valence-corrected chi connectivity index (χ3v) is 1.83. The highest BCUT2D eigenvalue weighted by Crippen LogP contribution is 1.96. The first kappa shape index (κ1) is 14.3. The van der Waals surface area contributed by atoms with Crippen molar-refractivity contribution in [2.75, 3.05) is 0 Å². The molecular formula is C8H15N3O5. The van der Waals surface area contributed by atoms with Crippen LogP contribution in [0.15, 0.2) is 0 Å². The van der Waals surface area contributed by atoms with Crippen LogP contribution in [-0.4, -0.2) is 40.1 Å². The lowest BCUT2D eigenvalue weighted by molar-refractivity contribution is -0.140. The minimum Gasteiger partial charge on any atom is -0.481 e. The molecule has 6 N–H and O–H groups in total. The van der Waals surface area contributed by atoms with Crippen LogP contribution >= 0.6 is 0 Å². The second-order valence-electron chi connectivity index (χ2n) is 3.24. The molecule has 8 heteroatoms. The van der Waals surface area contributed by atoms with Crippen LogP contribution in [0.2, 0.25) is 0 Å². The highest BCUT2D eigenvalue weighted by Gasteiger charge is 2.18. The molecule has 0 saturated carbocycles. The van der Waals surface area contributed by atoms with Gasteiger partial charge < -0.3 is 15.9 Å². The topological polar surface area (TPSA) is 142 Å². The second kappa shape index (κ2) is 6.75. The fraction of sp³-hybridized carbons (Fsp3) is 0.625. The Hall–Kier alpha value is -1.67. The summed E-state index contributed by atoms with van der Waals surface area (Å²) in [6.45, 7) is 1.37. The van der Waals surface area contributed by atoms with Crippen molar-refractivity contribution >= 4 is 17.8 Å². The van der Waals surface area contributed by atoms with Crippen molar-refractivity contribution in [2.45, 2.75) is 31.8 Å². The standard InChI is InChI=1S/C8H15N3O5/c1-4(8(15)16)10-11-5(7(9)14)2-3-6(12)13/h4-5,10-11H,2-3H2,1H3,(H2,9,14)(H,12,13)(H,15,16)/t4-,5-/m0/s1. The number of hydrogen-bond acceptors (Lipinski definition) is 5. The number of nitrogens with two attached hydrogens (primary N) is 1. The molecule has 0 radical (unpaired) electrons. The Bertz CT molecular complexity index is 281. The van der Waals surface area contributed by atoms with E-state index in [1.807, 2.05) is 0 Å². The van der Waals surface area contributed by atoms with Crippen molar-refractivity contribution in [3.05, 3.63) is 0 Å². The summed E-state index contributed by atoms with van der Waals surface area (Å²) in [6.07, 6.45) is -0.242. The maximum absolute atomic E-state index is 10.9. The van der Waals surface area contributed by atoms with E-state index in [1.165, 1.54) is 6.92 Å². The number of hydrogen-bond donors (Lipinski definition) is 5. The van der Waals surface area contributed by atoms with E-state index in [0.29, 0.717) is 0 Å². The Labute approximate surface area is 91.8 Å². The number of carbonyl (C=O) groups is 3. The van der Waals surface area contributed by atoms with Crippen LogP contribution in [0, 0.1) is 0 Å². The maximum Gasteiger partial charge on any atom is 0.321 e. The van der Waals surface area contributed by atoms with Crippen LogP contribution in [-0.2, 0) is 14.4 Å². The van der Waals surface area contributed by atoms with Gasteiger partial charge in [0.1, 0.15) is 12.1 Å². The third-order valence-electron chi connectivity index (χ3n) is 1.83. The smallest absolute Gasteiger partial charge is 0.321 e. The lowest BCUT2D eigenvalue weighted by Gasteiger charge is -2.17. The third kappa shape index (κ3) is 5.94. The maximum atomic E-state index is 10.9. The van der Waals surface area contributed by atoms with Gasteiger partial charge in [-0.1, -0.05) is 0 Å². The molecule has 0 rings (SSSR count). The normalized spacial score (nSPS) is 14.1. The number of carbonyl (C=O) groups excluding carboxylic acids is 1. The van der Waals surface area contributed by atoms with Crippen LogP contribution in [0.3, 0.4) is 0 Å². The highest BCUT2D eigenvalue weighted by molar-refractivity contribution is 5.80. The molecule has 92 valence electrons. The first-order valence-corrected chi connectivity index (χ1v) is 4.59. The van der Waals surface area contributed by atoms with Gasteiger partial charge in [-0.15, -0.1) is 0 Å². The number of amides is 1. The molecular weight excluding hydrogens is 218 g/mol. The van der Waals surface area contributed by atoms with Gasteiger partial charge in [-0.2, -0.15) is 0 Å². The molecule has 2 atom stereocenters. The van der Waals surface area contributed by atoms with Gasteiger partial charge in [0.05, 0.1) is 0 Å². The predicted octanol–water partition coefficient (Wildman–Crippen LogP) is -1.73. The SMILES string of the molecule is C[C@H](NN[C@@H](CCC(=O)O)C(N)=O)C(=O)O. The van der Waals surface area contributed by atoms with Crippen molar-refractivity contribution in [3.63, 3.8) is 0 Å². The number of rotatable bonds is 8. The molecule has 0 bridgehead atoms. The van der Waals surface area contributed by atoms with E-state index < -0.39 is 29.9 Å². The van der Waals surface area contributed by atoms with Gasteiger partial charge in [0.2, 0.25) is 5.91 Å². The molecule has 0 unspecified atom stereocenters. The zero-order valence-electron chi connectivity index (χ0n) is 8.77. The molecule has 0 aromatic rings. The highest BCUT2D eigenvalue weighted by atomic mass is 16.4. The summed E-state index contributed by atoms with van der Waals surface area (Å²) in [7, 11) is 0. The predicted molar refractivity (Wildman–Crippen MR) is 53.2 cm³/mol. The minimum atomic E-state index is -1.10. The van der Waals surface area contributed by atoms with Gasteiger partial charge in [-0.25, -0.2) is 10.9 Å². The van der Waals surface area contributed by atoms with Gasteiger partial charge in [0, 0.05) is 6.42 Å². The molecule has 0 aliphatic heterocycles. The fourth-order valence-electron chi connectivity index (χ4n) is 0.841. The van der Waals surface area contributed by atoms with Crippen LogP contribution < -0.4 is 16.6 Å². The van der Waals surface area contributed by atoms with E-state index in [0.717, 1.165) is 0 Å². The summed E-state index contributed by atoms with van der Waals surface area (Å²) < 4.78 is 0. The molecule has 0 saturated heterocycles. The average molecular weight is 233 g/mol. The lowest BCUT2D eigenvalue weighted by atomic mass is 10.1. The molecule has 0 heterocycles. The molecule has 0 fully saturated rings. The van der Waals surface area contributed by atoms with Gasteiger partial charge in [0.15, 0.2) is 0 Å². The first-order valence-electron chi connectivity index (χ1n) is 4.59. The zero-order valence-corrected chi connectivity index (χ0v) is 8.77.